The zero-order valence-electron chi connectivity index (χ0n) is 16.1. The quantitative estimate of drug-likeness (QED) is 0.508. The zero-order chi connectivity index (χ0) is 19.6. The number of hydrogen-bond donors (Lipinski definition) is 2. The van der Waals surface area contributed by atoms with E-state index >= 15 is 0 Å². The third-order valence-corrected chi connectivity index (χ3v) is 4.77. The predicted octanol–water partition coefficient (Wildman–Crippen LogP) is 3.65. The molecule has 0 aliphatic heterocycles. The first-order valence-electron chi connectivity index (χ1n) is 9.49. The Kier molecular flexibility index (Phi) is 8.17. The Morgan fingerprint density at radius 1 is 1.22 bits per heavy atom. The summed E-state index contributed by atoms with van der Waals surface area (Å²) in [5, 5.41) is 11.7. The number of aliphatic carboxylic acids is 1. The van der Waals surface area contributed by atoms with Crippen molar-refractivity contribution in [1.29, 1.82) is 0 Å². The standard InChI is InChI=1S/C21H29NO5/c1-15-5-9-17(10-6-15)22-20(23)12-8-16-7-11-18(19(14-16)26-2)27-13-3-4-21(24)25/h7-8,11-12,14-15,17H,3-6,9-10,13H2,1-2H3,(H,22,23)(H,24,25)/b12-8+. The van der Waals surface area contributed by atoms with Gasteiger partial charge in [-0.05, 0) is 61.8 Å². The van der Waals surface area contributed by atoms with Gasteiger partial charge >= 0.3 is 5.97 Å². The molecular formula is C21H29NO5. The van der Waals surface area contributed by atoms with E-state index in [2.05, 4.69) is 12.2 Å². The smallest absolute Gasteiger partial charge is 0.303 e. The minimum Gasteiger partial charge on any atom is -0.493 e. The maximum Gasteiger partial charge on any atom is 0.303 e. The Labute approximate surface area is 160 Å². The summed E-state index contributed by atoms with van der Waals surface area (Å²) in [5.74, 6) is 0.940. The largest absolute Gasteiger partial charge is 0.493 e. The lowest BCUT2D eigenvalue weighted by Crippen LogP contribution is -2.36. The van der Waals surface area contributed by atoms with Gasteiger partial charge in [-0.15, -0.1) is 0 Å². The van der Waals surface area contributed by atoms with Gasteiger partial charge in [-0.1, -0.05) is 13.0 Å². The average molecular weight is 375 g/mol. The van der Waals surface area contributed by atoms with E-state index in [9.17, 15) is 9.59 Å². The van der Waals surface area contributed by atoms with Crippen molar-refractivity contribution in [2.75, 3.05) is 13.7 Å². The molecule has 2 rings (SSSR count). The number of carbonyl (C=O) groups excluding carboxylic acids is 1. The molecule has 0 atom stereocenters. The van der Waals surface area contributed by atoms with Gasteiger partial charge < -0.3 is 19.9 Å². The maximum atomic E-state index is 12.1. The van der Waals surface area contributed by atoms with Gasteiger partial charge in [0, 0.05) is 18.5 Å². The molecule has 6 heteroatoms. The fourth-order valence-corrected chi connectivity index (χ4v) is 3.14. The van der Waals surface area contributed by atoms with E-state index in [4.69, 9.17) is 14.6 Å². The fourth-order valence-electron chi connectivity index (χ4n) is 3.14. The van der Waals surface area contributed by atoms with Gasteiger partial charge in [0.1, 0.15) is 0 Å². The number of carbonyl (C=O) groups is 2. The lowest BCUT2D eigenvalue weighted by Gasteiger charge is -2.26. The lowest BCUT2D eigenvalue weighted by atomic mass is 9.87. The number of hydrogen-bond acceptors (Lipinski definition) is 4. The lowest BCUT2D eigenvalue weighted by molar-refractivity contribution is -0.137. The minimum absolute atomic E-state index is 0.0676. The third kappa shape index (κ3) is 7.33. The Hall–Kier alpha value is -2.50. The van der Waals surface area contributed by atoms with Gasteiger partial charge in [0.15, 0.2) is 11.5 Å². The molecule has 1 aliphatic carbocycles. The van der Waals surface area contributed by atoms with Gasteiger partial charge in [0.25, 0.3) is 0 Å². The van der Waals surface area contributed by atoms with Crippen molar-refractivity contribution in [2.24, 2.45) is 5.92 Å². The number of ether oxygens (including phenoxy) is 2. The summed E-state index contributed by atoms with van der Waals surface area (Å²) in [4.78, 5) is 22.6. The van der Waals surface area contributed by atoms with Crippen molar-refractivity contribution >= 4 is 18.0 Å². The molecule has 1 amide bonds. The highest BCUT2D eigenvalue weighted by Crippen LogP contribution is 2.29. The molecule has 27 heavy (non-hydrogen) atoms. The summed E-state index contributed by atoms with van der Waals surface area (Å²) in [6, 6.07) is 5.66. The highest BCUT2D eigenvalue weighted by molar-refractivity contribution is 5.92. The number of nitrogens with one attached hydrogen (secondary N) is 1. The topological polar surface area (TPSA) is 84.9 Å². The number of carboxylic acids is 1. The highest BCUT2D eigenvalue weighted by Gasteiger charge is 2.18. The van der Waals surface area contributed by atoms with Crippen molar-refractivity contribution in [3.05, 3.63) is 29.8 Å². The van der Waals surface area contributed by atoms with Crippen LogP contribution in [-0.4, -0.2) is 36.7 Å². The van der Waals surface area contributed by atoms with E-state index in [1.807, 2.05) is 6.07 Å². The second-order valence-electron chi connectivity index (χ2n) is 7.05. The van der Waals surface area contributed by atoms with E-state index in [0.717, 1.165) is 24.3 Å². The Morgan fingerprint density at radius 2 is 1.96 bits per heavy atom. The molecule has 0 unspecified atom stereocenters. The Balaban J connectivity index is 1.87. The Morgan fingerprint density at radius 3 is 2.63 bits per heavy atom. The molecular weight excluding hydrogens is 346 g/mol. The van der Waals surface area contributed by atoms with E-state index < -0.39 is 5.97 Å². The summed E-state index contributed by atoms with van der Waals surface area (Å²) in [6.07, 6.45) is 8.21. The number of carboxylic acid groups (broad SMARTS) is 1. The van der Waals surface area contributed by atoms with Crippen LogP contribution >= 0.6 is 0 Å². The van der Waals surface area contributed by atoms with E-state index in [0.29, 0.717) is 24.5 Å². The monoisotopic (exact) mass is 375 g/mol. The molecule has 0 spiro atoms. The van der Waals surface area contributed by atoms with Crippen LogP contribution in [0.3, 0.4) is 0 Å². The first kappa shape index (κ1) is 20.8. The first-order valence-corrected chi connectivity index (χ1v) is 9.49. The zero-order valence-corrected chi connectivity index (χ0v) is 16.1. The van der Waals surface area contributed by atoms with Crippen LogP contribution in [0.2, 0.25) is 0 Å². The van der Waals surface area contributed by atoms with E-state index in [1.54, 1.807) is 31.4 Å². The molecule has 1 saturated carbocycles. The van der Waals surface area contributed by atoms with Crippen LogP contribution in [0.15, 0.2) is 24.3 Å². The molecule has 0 heterocycles. The third-order valence-electron chi connectivity index (χ3n) is 4.77. The highest BCUT2D eigenvalue weighted by atomic mass is 16.5. The van der Waals surface area contributed by atoms with E-state index in [-0.39, 0.29) is 18.4 Å². The fraction of sp³-hybridized carbons (Fsp3) is 0.524. The van der Waals surface area contributed by atoms with Crippen LogP contribution in [0.5, 0.6) is 11.5 Å². The van der Waals surface area contributed by atoms with Crippen LogP contribution in [0.25, 0.3) is 6.08 Å². The van der Waals surface area contributed by atoms with Crippen LogP contribution in [0.1, 0.15) is 51.0 Å². The van der Waals surface area contributed by atoms with Gasteiger partial charge in [-0.25, -0.2) is 0 Å². The molecule has 2 N–H and O–H groups in total. The summed E-state index contributed by atoms with van der Waals surface area (Å²) < 4.78 is 10.9. The number of methoxy groups -OCH3 is 1. The second-order valence-corrected chi connectivity index (χ2v) is 7.05. The summed E-state index contributed by atoms with van der Waals surface area (Å²) in [5.41, 5.74) is 0.831. The Bertz CT molecular complexity index is 663. The van der Waals surface area contributed by atoms with E-state index in [1.165, 1.54) is 12.8 Å². The van der Waals surface area contributed by atoms with Crippen molar-refractivity contribution in [3.8, 4) is 11.5 Å². The summed E-state index contributed by atoms with van der Waals surface area (Å²) in [7, 11) is 1.55. The number of amides is 1. The SMILES string of the molecule is COc1cc(/C=C/C(=O)NC2CCC(C)CC2)ccc1OCCCC(=O)O. The summed E-state index contributed by atoms with van der Waals surface area (Å²) >= 11 is 0. The van der Waals surface area contributed by atoms with Crippen LogP contribution in [0.4, 0.5) is 0 Å². The van der Waals surface area contributed by atoms with Crippen molar-refractivity contribution in [2.45, 2.75) is 51.5 Å². The molecule has 1 aromatic carbocycles. The van der Waals surface area contributed by atoms with Crippen molar-refractivity contribution < 1.29 is 24.2 Å². The molecule has 0 bridgehead atoms. The van der Waals surface area contributed by atoms with Crippen LogP contribution in [-0.2, 0) is 9.59 Å². The normalized spacial score (nSPS) is 19.6. The van der Waals surface area contributed by atoms with Gasteiger partial charge in [0.2, 0.25) is 5.91 Å². The summed E-state index contributed by atoms with van der Waals surface area (Å²) in [6.45, 7) is 2.56. The molecule has 1 aliphatic rings. The van der Waals surface area contributed by atoms with Crippen molar-refractivity contribution in [3.63, 3.8) is 0 Å². The first-order chi connectivity index (χ1) is 13.0. The maximum absolute atomic E-state index is 12.1. The van der Waals surface area contributed by atoms with Gasteiger partial charge in [-0.3, -0.25) is 9.59 Å². The number of benzene rings is 1. The molecule has 0 radical (unpaired) electrons. The van der Waals surface area contributed by atoms with Gasteiger partial charge in [-0.2, -0.15) is 0 Å². The minimum atomic E-state index is -0.841. The van der Waals surface area contributed by atoms with Crippen LogP contribution < -0.4 is 14.8 Å². The molecule has 0 aromatic heterocycles. The molecule has 0 saturated heterocycles. The van der Waals surface area contributed by atoms with Crippen molar-refractivity contribution in [1.82, 2.24) is 5.32 Å². The molecule has 1 fully saturated rings. The second kappa shape index (κ2) is 10.6. The molecule has 6 nitrogen and oxygen atoms in total. The van der Waals surface area contributed by atoms with Gasteiger partial charge in [0.05, 0.1) is 13.7 Å². The van der Waals surface area contributed by atoms with Crippen LogP contribution in [0, 0.1) is 5.92 Å². The molecule has 148 valence electrons. The predicted molar refractivity (Wildman–Crippen MR) is 104 cm³/mol. The average Bonchev–Trinajstić information content (AvgIpc) is 2.65. The number of rotatable bonds is 9. The molecule has 1 aromatic rings.